The molecule has 3 unspecified atom stereocenters. The number of nitrogens with one attached hydrogen (secondary N) is 1. The fraction of sp³-hybridized carbons (Fsp3) is 0.909. The summed E-state index contributed by atoms with van der Waals surface area (Å²) in [5.41, 5.74) is 0. The van der Waals surface area contributed by atoms with Gasteiger partial charge in [0.2, 0.25) is 0 Å². The van der Waals surface area contributed by atoms with E-state index in [1.54, 1.807) is 0 Å². The smallest absolute Gasteiger partial charge is 0.157 e. The first-order valence-corrected chi connectivity index (χ1v) is 6.61. The Morgan fingerprint density at radius 1 is 1.57 bits per heavy atom. The minimum Gasteiger partial charge on any atom is -0.361 e. The highest BCUT2D eigenvalue weighted by molar-refractivity contribution is 8.14. The Labute approximate surface area is 90.9 Å². The van der Waals surface area contributed by atoms with Gasteiger partial charge in [0.1, 0.15) is 0 Å². The van der Waals surface area contributed by atoms with Gasteiger partial charge in [0, 0.05) is 11.8 Å². The van der Waals surface area contributed by atoms with E-state index in [1.165, 1.54) is 23.8 Å². The second kappa shape index (κ2) is 4.13. The Hall–Kier alpha value is -0.180. The Morgan fingerprint density at radius 2 is 2.29 bits per heavy atom. The molecule has 80 valence electrons. The van der Waals surface area contributed by atoms with Gasteiger partial charge >= 0.3 is 0 Å². The maximum atomic E-state index is 4.69. The first kappa shape index (κ1) is 10.3. The lowest BCUT2D eigenvalue weighted by atomic mass is 10.1. The van der Waals surface area contributed by atoms with Crippen LogP contribution in [0.25, 0.3) is 0 Å². The molecule has 1 saturated carbocycles. The summed E-state index contributed by atoms with van der Waals surface area (Å²) in [5, 5.41) is 4.73. The van der Waals surface area contributed by atoms with Crippen molar-refractivity contribution in [3.63, 3.8) is 0 Å². The number of hydrogen-bond acceptors (Lipinski definition) is 2. The quantitative estimate of drug-likeness (QED) is 0.777. The van der Waals surface area contributed by atoms with E-state index in [0.717, 1.165) is 11.8 Å². The van der Waals surface area contributed by atoms with Crippen LogP contribution in [0.1, 0.15) is 33.6 Å². The summed E-state index contributed by atoms with van der Waals surface area (Å²) in [7, 11) is 0. The largest absolute Gasteiger partial charge is 0.361 e. The van der Waals surface area contributed by atoms with Crippen LogP contribution in [-0.2, 0) is 0 Å². The van der Waals surface area contributed by atoms with E-state index >= 15 is 0 Å². The third-order valence-electron chi connectivity index (χ3n) is 2.85. The second-order valence-corrected chi connectivity index (χ2v) is 6.01. The molecule has 3 heteroatoms. The molecule has 1 N–H and O–H groups in total. The average molecular weight is 212 g/mol. The lowest BCUT2D eigenvalue weighted by Gasteiger charge is -2.11. The third-order valence-corrected chi connectivity index (χ3v) is 3.92. The van der Waals surface area contributed by atoms with Crippen LogP contribution >= 0.6 is 11.8 Å². The summed E-state index contributed by atoms with van der Waals surface area (Å²) in [4.78, 5) is 4.69. The van der Waals surface area contributed by atoms with Crippen molar-refractivity contribution in [2.45, 2.75) is 45.7 Å². The molecule has 0 spiro atoms. The molecule has 1 aliphatic carbocycles. The number of thioether (sulfide) groups is 1. The van der Waals surface area contributed by atoms with Gasteiger partial charge in [-0.15, -0.1) is 0 Å². The molecule has 0 aromatic rings. The molecule has 2 rings (SSSR count). The molecule has 2 aliphatic rings. The molecule has 0 amide bonds. The predicted octanol–water partition coefficient (Wildman–Crippen LogP) is 2.50. The van der Waals surface area contributed by atoms with E-state index in [-0.39, 0.29) is 0 Å². The number of hydrogen-bond donors (Lipinski definition) is 1. The van der Waals surface area contributed by atoms with Gasteiger partial charge in [0.05, 0.1) is 6.04 Å². The highest BCUT2D eigenvalue weighted by Gasteiger charge is 2.33. The first-order chi connectivity index (χ1) is 6.65. The summed E-state index contributed by atoms with van der Waals surface area (Å²) < 4.78 is 0. The Morgan fingerprint density at radius 3 is 2.86 bits per heavy atom. The molecule has 0 aromatic carbocycles. The topological polar surface area (TPSA) is 24.4 Å². The highest BCUT2D eigenvalue weighted by atomic mass is 32.2. The fourth-order valence-electron chi connectivity index (χ4n) is 1.84. The van der Waals surface area contributed by atoms with E-state index in [1.807, 2.05) is 11.8 Å². The standard InChI is InChI=1S/C11H20N2S/c1-7(2)4-9-6-14-11(12-9)13-10-5-8(10)3/h7-10H,4-6H2,1-3H3,(H,12,13). The maximum Gasteiger partial charge on any atom is 0.157 e. The van der Waals surface area contributed by atoms with E-state index in [4.69, 9.17) is 4.99 Å². The molecular formula is C11H20N2S. The van der Waals surface area contributed by atoms with Crippen molar-refractivity contribution in [3.05, 3.63) is 0 Å². The normalized spacial score (nSPS) is 39.1. The van der Waals surface area contributed by atoms with Gasteiger partial charge in [0.25, 0.3) is 0 Å². The second-order valence-electron chi connectivity index (χ2n) is 5.00. The van der Waals surface area contributed by atoms with Crippen molar-refractivity contribution < 1.29 is 0 Å². The van der Waals surface area contributed by atoms with Crippen LogP contribution in [-0.4, -0.2) is 23.0 Å². The van der Waals surface area contributed by atoms with Gasteiger partial charge in [-0.1, -0.05) is 32.5 Å². The van der Waals surface area contributed by atoms with Crippen molar-refractivity contribution in [3.8, 4) is 0 Å². The lowest BCUT2D eigenvalue weighted by Crippen LogP contribution is -2.28. The minimum atomic E-state index is 0.628. The van der Waals surface area contributed by atoms with Crippen LogP contribution < -0.4 is 5.32 Å². The highest BCUT2D eigenvalue weighted by Crippen LogP contribution is 2.34. The summed E-state index contributed by atoms with van der Waals surface area (Å²) in [6.45, 7) is 6.84. The predicted molar refractivity (Wildman–Crippen MR) is 63.8 cm³/mol. The molecule has 0 aromatic heterocycles. The van der Waals surface area contributed by atoms with Crippen molar-refractivity contribution >= 4 is 16.9 Å². The van der Waals surface area contributed by atoms with Crippen LogP contribution in [0, 0.1) is 11.8 Å². The monoisotopic (exact) mass is 212 g/mol. The van der Waals surface area contributed by atoms with Crippen molar-refractivity contribution in [2.75, 3.05) is 5.75 Å². The Balaban J connectivity index is 1.79. The summed E-state index contributed by atoms with van der Waals surface area (Å²) >= 11 is 1.90. The van der Waals surface area contributed by atoms with Gasteiger partial charge in [-0.3, -0.25) is 4.99 Å². The van der Waals surface area contributed by atoms with Gasteiger partial charge in [-0.2, -0.15) is 0 Å². The Bertz CT molecular complexity index is 237. The molecule has 1 heterocycles. The first-order valence-electron chi connectivity index (χ1n) is 5.62. The third kappa shape index (κ3) is 2.66. The zero-order chi connectivity index (χ0) is 10.1. The van der Waals surface area contributed by atoms with Gasteiger partial charge in [0.15, 0.2) is 5.17 Å². The van der Waals surface area contributed by atoms with E-state index < -0.39 is 0 Å². The van der Waals surface area contributed by atoms with Crippen molar-refractivity contribution in [2.24, 2.45) is 16.8 Å². The summed E-state index contributed by atoms with van der Waals surface area (Å²) in [5.74, 6) is 2.82. The molecule has 2 nitrogen and oxygen atoms in total. The Kier molecular flexibility index (Phi) is 3.05. The lowest BCUT2D eigenvalue weighted by molar-refractivity contribution is 0.502. The molecule has 1 saturated heterocycles. The fourth-order valence-corrected chi connectivity index (χ4v) is 2.88. The van der Waals surface area contributed by atoms with Gasteiger partial charge < -0.3 is 5.32 Å². The number of aliphatic imine (C=N–C) groups is 1. The summed E-state index contributed by atoms with van der Waals surface area (Å²) in [6.07, 6.45) is 2.56. The maximum absolute atomic E-state index is 4.69. The van der Waals surface area contributed by atoms with Crippen molar-refractivity contribution in [1.82, 2.24) is 5.32 Å². The van der Waals surface area contributed by atoms with E-state index in [2.05, 4.69) is 26.1 Å². The zero-order valence-electron chi connectivity index (χ0n) is 9.29. The number of rotatable bonds is 3. The molecular weight excluding hydrogens is 192 g/mol. The minimum absolute atomic E-state index is 0.628. The van der Waals surface area contributed by atoms with Crippen LogP contribution in [0.4, 0.5) is 0 Å². The van der Waals surface area contributed by atoms with E-state index in [0.29, 0.717) is 12.1 Å². The summed E-state index contributed by atoms with van der Waals surface area (Å²) in [6, 6.07) is 1.29. The van der Waals surface area contributed by atoms with Crippen LogP contribution in [0.15, 0.2) is 4.99 Å². The molecule has 14 heavy (non-hydrogen) atoms. The van der Waals surface area contributed by atoms with Crippen molar-refractivity contribution in [1.29, 1.82) is 0 Å². The van der Waals surface area contributed by atoms with Crippen LogP contribution in [0.3, 0.4) is 0 Å². The SMILES string of the molecule is CC(C)CC1CSC(=NC2CC2C)N1. The number of nitrogens with zero attached hydrogens (tertiary/aromatic N) is 1. The van der Waals surface area contributed by atoms with Gasteiger partial charge in [-0.25, -0.2) is 0 Å². The number of amidine groups is 1. The molecule has 0 radical (unpaired) electrons. The molecule has 0 bridgehead atoms. The van der Waals surface area contributed by atoms with Crippen LogP contribution in [0.2, 0.25) is 0 Å². The molecule has 3 atom stereocenters. The average Bonchev–Trinajstić information content (AvgIpc) is 2.60. The molecule has 1 aliphatic heterocycles. The van der Waals surface area contributed by atoms with Gasteiger partial charge in [-0.05, 0) is 24.7 Å². The molecule has 2 fully saturated rings. The zero-order valence-corrected chi connectivity index (χ0v) is 10.1. The van der Waals surface area contributed by atoms with E-state index in [9.17, 15) is 0 Å². The van der Waals surface area contributed by atoms with Crippen LogP contribution in [0.5, 0.6) is 0 Å².